The second-order valence-electron chi connectivity index (χ2n) is 9.11. The SMILES string of the molecule is CN=C(NCCc1nnc2n1CCCCC2)NCC(C)(C)NC(=O)OC(C)(C)C. The van der Waals surface area contributed by atoms with Crippen LogP contribution in [0.1, 0.15) is 65.5 Å². The molecular formula is C20H37N7O2. The summed E-state index contributed by atoms with van der Waals surface area (Å²) in [6.45, 7) is 11.6. The summed E-state index contributed by atoms with van der Waals surface area (Å²) >= 11 is 0. The van der Waals surface area contributed by atoms with Gasteiger partial charge in [0.1, 0.15) is 17.2 Å². The minimum absolute atomic E-state index is 0.431. The number of alkyl carbamates (subject to hydrolysis) is 1. The predicted molar refractivity (Wildman–Crippen MR) is 114 cm³/mol. The molecule has 9 nitrogen and oxygen atoms in total. The fourth-order valence-electron chi connectivity index (χ4n) is 3.17. The summed E-state index contributed by atoms with van der Waals surface area (Å²) in [6, 6.07) is 0. The number of hydrogen-bond donors (Lipinski definition) is 3. The lowest BCUT2D eigenvalue weighted by Gasteiger charge is -2.29. The Morgan fingerprint density at radius 2 is 1.90 bits per heavy atom. The van der Waals surface area contributed by atoms with Gasteiger partial charge in [-0.15, -0.1) is 10.2 Å². The second kappa shape index (κ2) is 9.93. The summed E-state index contributed by atoms with van der Waals surface area (Å²) in [5.74, 6) is 2.81. The van der Waals surface area contributed by atoms with Crippen LogP contribution in [0.25, 0.3) is 0 Å². The number of aryl methyl sites for hydroxylation is 1. The standard InChI is InChI=1S/C20H37N7O2/c1-19(2,3)29-18(28)24-20(4,5)14-23-17(21-6)22-12-11-16-26-25-15-10-8-7-9-13-27(15)16/h7-14H2,1-6H3,(H,24,28)(H2,21,22,23). The molecule has 0 atom stereocenters. The van der Waals surface area contributed by atoms with E-state index in [2.05, 4.69) is 35.7 Å². The topological polar surface area (TPSA) is 105 Å². The van der Waals surface area contributed by atoms with Gasteiger partial charge in [0.25, 0.3) is 0 Å². The van der Waals surface area contributed by atoms with Gasteiger partial charge < -0.3 is 25.3 Å². The first kappa shape index (κ1) is 23.0. The van der Waals surface area contributed by atoms with Crippen molar-refractivity contribution in [2.45, 2.75) is 84.4 Å². The third kappa shape index (κ3) is 7.91. The monoisotopic (exact) mass is 407 g/mol. The summed E-state index contributed by atoms with van der Waals surface area (Å²) in [5.41, 5.74) is -1.02. The minimum atomic E-state index is -0.523. The smallest absolute Gasteiger partial charge is 0.408 e. The van der Waals surface area contributed by atoms with Crippen molar-refractivity contribution >= 4 is 12.1 Å². The number of rotatable bonds is 6. The van der Waals surface area contributed by atoms with Crippen molar-refractivity contribution in [2.75, 3.05) is 20.1 Å². The zero-order valence-corrected chi connectivity index (χ0v) is 18.8. The van der Waals surface area contributed by atoms with Crippen LogP contribution in [-0.4, -0.2) is 58.1 Å². The molecule has 0 fully saturated rings. The summed E-state index contributed by atoms with van der Waals surface area (Å²) in [6.07, 6.45) is 5.01. The van der Waals surface area contributed by atoms with Crippen LogP contribution in [0, 0.1) is 0 Å². The van der Waals surface area contributed by atoms with Crippen LogP contribution in [0.2, 0.25) is 0 Å². The third-order valence-electron chi connectivity index (χ3n) is 4.59. The molecule has 0 saturated carbocycles. The van der Waals surface area contributed by atoms with Crippen LogP contribution < -0.4 is 16.0 Å². The number of aliphatic imine (C=N–C) groups is 1. The Balaban J connectivity index is 1.78. The maximum absolute atomic E-state index is 12.0. The predicted octanol–water partition coefficient (Wildman–Crippen LogP) is 2.02. The van der Waals surface area contributed by atoms with Crippen molar-refractivity contribution in [2.24, 2.45) is 4.99 Å². The summed E-state index contributed by atoms with van der Waals surface area (Å²) in [4.78, 5) is 16.3. The zero-order chi connectivity index (χ0) is 21.5. The number of nitrogens with one attached hydrogen (secondary N) is 3. The van der Waals surface area contributed by atoms with E-state index in [1.165, 1.54) is 19.3 Å². The Bertz CT molecular complexity index is 704. The summed E-state index contributed by atoms with van der Waals surface area (Å²) in [7, 11) is 1.73. The Labute approximate surface area is 174 Å². The van der Waals surface area contributed by atoms with Gasteiger partial charge in [0.15, 0.2) is 5.96 Å². The quantitative estimate of drug-likeness (QED) is 0.492. The molecule has 0 unspecified atom stereocenters. The van der Waals surface area contributed by atoms with E-state index in [1.807, 2.05) is 34.6 Å². The number of amides is 1. The number of nitrogens with zero attached hydrogens (tertiary/aromatic N) is 4. The first-order valence-corrected chi connectivity index (χ1v) is 10.5. The van der Waals surface area contributed by atoms with Crippen LogP contribution >= 0.6 is 0 Å². The van der Waals surface area contributed by atoms with E-state index in [-0.39, 0.29) is 0 Å². The van der Waals surface area contributed by atoms with Crippen LogP contribution in [0.5, 0.6) is 0 Å². The first-order chi connectivity index (χ1) is 13.6. The molecule has 0 aromatic carbocycles. The summed E-state index contributed by atoms with van der Waals surface area (Å²) in [5, 5.41) is 18.2. The molecule has 0 aliphatic carbocycles. The average molecular weight is 408 g/mol. The molecule has 0 saturated heterocycles. The lowest BCUT2D eigenvalue weighted by molar-refractivity contribution is 0.0474. The number of ether oxygens (including phenoxy) is 1. The highest BCUT2D eigenvalue weighted by Crippen LogP contribution is 2.14. The van der Waals surface area contributed by atoms with Gasteiger partial charge in [-0.1, -0.05) is 6.42 Å². The Morgan fingerprint density at radius 1 is 1.14 bits per heavy atom. The maximum Gasteiger partial charge on any atom is 0.408 e. The Morgan fingerprint density at radius 3 is 2.59 bits per heavy atom. The highest BCUT2D eigenvalue weighted by Gasteiger charge is 2.24. The molecule has 9 heteroatoms. The van der Waals surface area contributed by atoms with Crippen LogP contribution in [0.4, 0.5) is 4.79 Å². The fourth-order valence-corrected chi connectivity index (χ4v) is 3.17. The molecule has 3 N–H and O–H groups in total. The number of guanidine groups is 1. The third-order valence-corrected chi connectivity index (χ3v) is 4.59. The van der Waals surface area contributed by atoms with Crippen molar-refractivity contribution in [1.82, 2.24) is 30.7 Å². The van der Waals surface area contributed by atoms with E-state index in [1.54, 1.807) is 7.05 Å². The molecule has 1 aliphatic rings. The van der Waals surface area contributed by atoms with Crippen molar-refractivity contribution < 1.29 is 9.53 Å². The molecule has 1 aromatic heterocycles. The average Bonchev–Trinajstić information content (AvgIpc) is 2.82. The fraction of sp³-hybridized carbons (Fsp3) is 0.800. The van der Waals surface area contributed by atoms with E-state index in [4.69, 9.17) is 4.74 Å². The van der Waals surface area contributed by atoms with Crippen molar-refractivity contribution in [3.63, 3.8) is 0 Å². The molecule has 1 aliphatic heterocycles. The van der Waals surface area contributed by atoms with E-state index in [0.717, 1.165) is 31.0 Å². The van der Waals surface area contributed by atoms with Crippen molar-refractivity contribution in [3.8, 4) is 0 Å². The minimum Gasteiger partial charge on any atom is -0.444 e. The molecule has 0 bridgehead atoms. The van der Waals surface area contributed by atoms with E-state index >= 15 is 0 Å². The van der Waals surface area contributed by atoms with Crippen LogP contribution in [-0.2, 0) is 24.1 Å². The number of fused-ring (bicyclic) bond motifs is 1. The molecule has 29 heavy (non-hydrogen) atoms. The van der Waals surface area contributed by atoms with Crippen molar-refractivity contribution in [3.05, 3.63) is 11.6 Å². The highest BCUT2D eigenvalue weighted by atomic mass is 16.6. The number of aromatic nitrogens is 3. The molecule has 0 spiro atoms. The lowest BCUT2D eigenvalue weighted by atomic mass is 10.1. The van der Waals surface area contributed by atoms with E-state index in [9.17, 15) is 4.79 Å². The van der Waals surface area contributed by atoms with Crippen LogP contribution in [0.15, 0.2) is 4.99 Å². The number of hydrogen-bond acceptors (Lipinski definition) is 5. The Kier molecular flexibility index (Phi) is 7.87. The molecule has 164 valence electrons. The molecule has 2 heterocycles. The van der Waals surface area contributed by atoms with E-state index < -0.39 is 17.2 Å². The van der Waals surface area contributed by atoms with E-state index in [0.29, 0.717) is 19.0 Å². The van der Waals surface area contributed by atoms with Gasteiger partial charge in [-0.2, -0.15) is 0 Å². The molecule has 1 aromatic rings. The molecule has 2 rings (SSSR count). The largest absolute Gasteiger partial charge is 0.444 e. The van der Waals surface area contributed by atoms with Crippen molar-refractivity contribution in [1.29, 1.82) is 0 Å². The molecule has 0 radical (unpaired) electrons. The lowest BCUT2D eigenvalue weighted by Crippen LogP contribution is -2.54. The van der Waals surface area contributed by atoms with Gasteiger partial charge in [0.05, 0.1) is 5.54 Å². The van der Waals surface area contributed by atoms with Gasteiger partial charge in [0, 0.05) is 39.5 Å². The van der Waals surface area contributed by atoms with Gasteiger partial charge >= 0.3 is 6.09 Å². The second-order valence-corrected chi connectivity index (χ2v) is 9.11. The maximum atomic E-state index is 12.0. The highest BCUT2D eigenvalue weighted by molar-refractivity contribution is 5.79. The van der Waals surface area contributed by atoms with Gasteiger partial charge in [-0.05, 0) is 47.5 Å². The normalized spacial score (nSPS) is 15.3. The Hall–Kier alpha value is -2.32. The molecular weight excluding hydrogens is 370 g/mol. The van der Waals surface area contributed by atoms with Gasteiger partial charge in [-0.3, -0.25) is 4.99 Å². The van der Waals surface area contributed by atoms with Gasteiger partial charge in [0.2, 0.25) is 0 Å². The first-order valence-electron chi connectivity index (χ1n) is 10.5. The number of carbonyl (C=O) groups is 1. The summed E-state index contributed by atoms with van der Waals surface area (Å²) < 4.78 is 7.59. The molecule has 1 amide bonds. The van der Waals surface area contributed by atoms with Gasteiger partial charge in [-0.25, -0.2) is 4.79 Å². The zero-order valence-electron chi connectivity index (χ0n) is 18.8. The number of carbonyl (C=O) groups excluding carboxylic acids is 1. The van der Waals surface area contributed by atoms with Crippen LogP contribution in [0.3, 0.4) is 0 Å².